The van der Waals surface area contributed by atoms with Crippen LogP contribution in [0.4, 0.5) is 5.69 Å². The summed E-state index contributed by atoms with van der Waals surface area (Å²) in [6.45, 7) is 6.66. The van der Waals surface area contributed by atoms with Gasteiger partial charge in [-0.05, 0) is 79.5 Å². The van der Waals surface area contributed by atoms with E-state index in [4.69, 9.17) is 15.2 Å². The minimum Gasteiger partial charge on any atom is -0.507 e. The molecule has 0 heterocycles. The first-order valence-corrected chi connectivity index (χ1v) is 13.5. The number of hydrogen-bond acceptors (Lipinski definition) is 5. The largest absolute Gasteiger partial charge is 0.507 e. The SMILES string of the molecule is COc1cc(-c2c(O)ccc3c2CCCC3)c(N)c(Cc2ccc(CCN(C)CC(C)C)cc2)c1OC. The van der Waals surface area contributed by atoms with Crippen LogP contribution in [0.3, 0.4) is 0 Å². The average Bonchev–Trinajstić information content (AvgIpc) is 2.89. The number of phenolic OH excluding ortho intramolecular Hbond substituents is 1. The molecule has 1 aliphatic carbocycles. The van der Waals surface area contributed by atoms with Crippen molar-refractivity contribution in [1.82, 2.24) is 4.90 Å². The number of aryl methyl sites for hydroxylation is 1. The van der Waals surface area contributed by atoms with Crippen molar-refractivity contribution < 1.29 is 14.6 Å². The standard InChI is InChI=1S/C32H42N2O3/c1-21(2)20-34(3)17-16-22-10-12-23(13-11-22)18-27-31(33)26(19-29(36-4)32(27)37-5)30-25-9-7-6-8-24(25)14-15-28(30)35/h10-15,19,21,35H,6-9,16-18,20,33H2,1-5H3. The zero-order valence-electron chi connectivity index (χ0n) is 23.1. The van der Waals surface area contributed by atoms with E-state index in [1.54, 1.807) is 20.3 Å². The molecule has 0 unspecified atom stereocenters. The van der Waals surface area contributed by atoms with E-state index in [2.05, 4.69) is 50.1 Å². The lowest BCUT2D eigenvalue weighted by atomic mass is 9.84. The Hall–Kier alpha value is -3.18. The van der Waals surface area contributed by atoms with Crippen LogP contribution in [0.15, 0.2) is 42.5 Å². The lowest BCUT2D eigenvalue weighted by molar-refractivity contribution is 0.299. The maximum atomic E-state index is 11.0. The molecule has 0 saturated carbocycles. The Morgan fingerprint density at radius 3 is 2.35 bits per heavy atom. The van der Waals surface area contributed by atoms with Crippen LogP contribution >= 0.6 is 0 Å². The molecule has 0 radical (unpaired) electrons. The van der Waals surface area contributed by atoms with Crippen molar-refractivity contribution in [3.8, 4) is 28.4 Å². The summed E-state index contributed by atoms with van der Waals surface area (Å²) in [5.74, 6) is 2.20. The van der Waals surface area contributed by atoms with Gasteiger partial charge in [0.25, 0.3) is 0 Å². The Morgan fingerprint density at radius 2 is 1.68 bits per heavy atom. The number of hydrogen-bond donors (Lipinski definition) is 2. The summed E-state index contributed by atoms with van der Waals surface area (Å²) in [5.41, 5.74) is 15.0. The predicted octanol–water partition coefficient (Wildman–Crippen LogP) is 6.26. The normalized spacial score (nSPS) is 13.2. The molecule has 0 spiro atoms. The van der Waals surface area contributed by atoms with Crippen molar-refractivity contribution in [2.45, 2.75) is 52.4 Å². The average molecular weight is 503 g/mol. The van der Waals surface area contributed by atoms with Gasteiger partial charge in [-0.1, -0.05) is 44.2 Å². The molecule has 3 aromatic rings. The molecule has 0 aliphatic heterocycles. The molecule has 0 amide bonds. The molecule has 4 rings (SSSR count). The lowest BCUT2D eigenvalue weighted by Crippen LogP contribution is -2.25. The third-order valence-electron chi connectivity index (χ3n) is 7.46. The van der Waals surface area contributed by atoms with Gasteiger partial charge in [0.15, 0.2) is 11.5 Å². The van der Waals surface area contributed by atoms with E-state index in [9.17, 15) is 5.11 Å². The van der Waals surface area contributed by atoms with Crippen molar-refractivity contribution in [3.05, 3.63) is 70.3 Å². The number of rotatable bonds is 10. The summed E-state index contributed by atoms with van der Waals surface area (Å²) in [6.07, 6.45) is 5.90. The first-order chi connectivity index (χ1) is 17.8. The highest BCUT2D eigenvalue weighted by molar-refractivity contribution is 5.88. The van der Waals surface area contributed by atoms with E-state index < -0.39 is 0 Å². The first-order valence-electron chi connectivity index (χ1n) is 13.5. The highest BCUT2D eigenvalue weighted by atomic mass is 16.5. The van der Waals surface area contributed by atoms with Crippen LogP contribution < -0.4 is 15.2 Å². The van der Waals surface area contributed by atoms with Crippen LogP contribution in [0.5, 0.6) is 17.2 Å². The summed E-state index contributed by atoms with van der Waals surface area (Å²) < 4.78 is 11.6. The molecule has 37 heavy (non-hydrogen) atoms. The van der Waals surface area contributed by atoms with Gasteiger partial charge in [0.1, 0.15) is 5.75 Å². The number of ether oxygens (including phenoxy) is 2. The van der Waals surface area contributed by atoms with Gasteiger partial charge >= 0.3 is 0 Å². The number of nitrogens with zero attached hydrogens (tertiary/aromatic N) is 1. The van der Waals surface area contributed by atoms with Crippen molar-refractivity contribution in [2.75, 3.05) is 40.1 Å². The fourth-order valence-corrected chi connectivity index (χ4v) is 5.64. The Morgan fingerprint density at radius 1 is 0.973 bits per heavy atom. The van der Waals surface area contributed by atoms with Gasteiger partial charge in [0, 0.05) is 41.9 Å². The van der Waals surface area contributed by atoms with E-state index >= 15 is 0 Å². The van der Waals surface area contributed by atoms with E-state index in [0.29, 0.717) is 29.5 Å². The molecule has 1 aliphatic rings. The predicted molar refractivity (Wildman–Crippen MR) is 153 cm³/mol. The fraction of sp³-hybridized carbons (Fsp3) is 0.438. The molecule has 0 bridgehead atoms. The van der Waals surface area contributed by atoms with Gasteiger partial charge in [-0.25, -0.2) is 0 Å². The fourth-order valence-electron chi connectivity index (χ4n) is 5.64. The van der Waals surface area contributed by atoms with E-state index in [0.717, 1.165) is 61.0 Å². The van der Waals surface area contributed by atoms with Gasteiger partial charge < -0.3 is 25.2 Å². The monoisotopic (exact) mass is 502 g/mol. The maximum absolute atomic E-state index is 11.0. The van der Waals surface area contributed by atoms with Crippen molar-refractivity contribution >= 4 is 5.69 Å². The second-order valence-corrected chi connectivity index (χ2v) is 10.8. The Balaban J connectivity index is 1.67. The van der Waals surface area contributed by atoms with Crippen molar-refractivity contribution in [2.24, 2.45) is 5.92 Å². The zero-order chi connectivity index (χ0) is 26.5. The van der Waals surface area contributed by atoms with E-state index in [1.807, 2.05) is 12.1 Å². The van der Waals surface area contributed by atoms with Crippen LogP contribution in [-0.4, -0.2) is 44.4 Å². The molecule has 5 heteroatoms. The molecular formula is C32H42N2O3. The van der Waals surface area contributed by atoms with Gasteiger partial charge in [-0.3, -0.25) is 0 Å². The molecular weight excluding hydrogens is 460 g/mol. The molecule has 0 saturated heterocycles. The number of benzene rings is 3. The van der Waals surface area contributed by atoms with Crippen LogP contribution in [-0.2, 0) is 25.7 Å². The first kappa shape index (κ1) is 26.9. The number of methoxy groups -OCH3 is 2. The topological polar surface area (TPSA) is 68.0 Å². The second kappa shape index (κ2) is 11.9. The van der Waals surface area contributed by atoms with E-state index in [1.165, 1.54) is 23.1 Å². The van der Waals surface area contributed by atoms with Crippen molar-refractivity contribution in [3.63, 3.8) is 0 Å². The molecule has 0 aromatic heterocycles. The Labute approximate surface area is 222 Å². The molecule has 0 atom stereocenters. The summed E-state index contributed by atoms with van der Waals surface area (Å²) in [6, 6.07) is 14.5. The maximum Gasteiger partial charge on any atom is 0.166 e. The number of nitrogen functional groups attached to an aromatic ring is 1. The molecule has 0 fully saturated rings. The van der Waals surface area contributed by atoms with Crippen LogP contribution in [0.25, 0.3) is 11.1 Å². The van der Waals surface area contributed by atoms with Crippen LogP contribution in [0.2, 0.25) is 0 Å². The molecule has 5 nitrogen and oxygen atoms in total. The quantitative estimate of drug-likeness (QED) is 0.320. The summed E-state index contributed by atoms with van der Waals surface area (Å²) in [4.78, 5) is 2.39. The summed E-state index contributed by atoms with van der Waals surface area (Å²) in [5, 5.41) is 11.0. The smallest absolute Gasteiger partial charge is 0.166 e. The lowest BCUT2D eigenvalue weighted by Gasteiger charge is -2.24. The minimum atomic E-state index is 0.261. The summed E-state index contributed by atoms with van der Waals surface area (Å²) in [7, 11) is 5.48. The number of nitrogens with two attached hydrogens (primary N) is 1. The number of anilines is 1. The Kier molecular flexibility index (Phi) is 8.65. The number of phenols is 1. The highest BCUT2D eigenvalue weighted by Gasteiger charge is 2.24. The van der Waals surface area contributed by atoms with Gasteiger partial charge in [-0.15, -0.1) is 0 Å². The zero-order valence-corrected chi connectivity index (χ0v) is 23.1. The third kappa shape index (κ3) is 6.04. The van der Waals surface area contributed by atoms with Crippen molar-refractivity contribution in [1.29, 1.82) is 0 Å². The summed E-state index contributed by atoms with van der Waals surface area (Å²) >= 11 is 0. The molecule has 198 valence electrons. The number of aromatic hydroxyl groups is 1. The third-order valence-corrected chi connectivity index (χ3v) is 7.46. The van der Waals surface area contributed by atoms with Crippen LogP contribution in [0.1, 0.15) is 54.5 Å². The molecule has 3 aromatic carbocycles. The van der Waals surface area contributed by atoms with Gasteiger partial charge in [0.2, 0.25) is 0 Å². The van der Waals surface area contributed by atoms with Gasteiger partial charge in [0.05, 0.1) is 14.2 Å². The van der Waals surface area contributed by atoms with E-state index in [-0.39, 0.29) is 5.75 Å². The highest BCUT2D eigenvalue weighted by Crippen LogP contribution is 2.47. The minimum absolute atomic E-state index is 0.261. The second-order valence-electron chi connectivity index (χ2n) is 10.8. The number of fused-ring (bicyclic) bond motifs is 1. The number of likely N-dealkylation sites (N-methyl/N-ethyl adjacent to an activating group) is 1. The Bertz CT molecular complexity index is 1220. The molecule has 3 N–H and O–H groups in total. The van der Waals surface area contributed by atoms with Crippen LogP contribution in [0, 0.1) is 5.92 Å². The van der Waals surface area contributed by atoms with Gasteiger partial charge in [-0.2, -0.15) is 0 Å².